The van der Waals surface area contributed by atoms with Crippen LogP contribution in [0.2, 0.25) is 0 Å². The molecule has 1 aromatic carbocycles. The second kappa shape index (κ2) is 8.68. The zero-order valence-electron chi connectivity index (χ0n) is 15.1. The molecule has 2 N–H and O–H groups in total. The Morgan fingerprint density at radius 3 is 2.40 bits per heavy atom. The number of carbonyl (C=O) groups is 1. The number of para-hydroxylation sites is 1. The van der Waals surface area contributed by atoms with Gasteiger partial charge in [-0.15, -0.1) is 0 Å². The van der Waals surface area contributed by atoms with E-state index in [1.54, 1.807) is 0 Å². The summed E-state index contributed by atoms with van der Waals surface area (Å²) in [6.07, 6.45) is 5.21. The summed E-state index contributed by atoms with van der Waals surface area (Å²) in [7, 11) is 0. The summed E-state index contributed by atoms with van der Waals surface area (Å²) in [6, 6.07) is 10.6. The number of hydrogen-bond acceptors (Lipinski definition) is 4. The van der Waals surface area contributed by atoms with Crippen LogP contribution in [0.3, 0.4) is 0 Å². The van der Waals surface area contributed by atoms with Gasteiger partial charge in [0.1, 0.15) is 5.60 Å². The van der Waals surface area contributed by atoms with Crippen molar-refractivity contribution in [2.45, 2.75) is 44.1 Å². The lowest BCUT2D eigenvalue weighted by atomic mass is 10.0. The van der Waals surface area contributed by atoms with Crippen molar-refractivity contribution >= 4 is 11.6 Å². The molecule has 1 aliphatic heterocycles. The number of unbranched alkanes of at least 4 members (excludes halogenated alkanes) is 1. The summed E-state index contributed by atoms with van der Waals surface area (Å²) in [5.41, 5.74) is 0.225. The van der Waals surface area contributed by atoms with Crippen molar-refractivity contribution in [3.8, 4) is 0 Å². The number of hydrogen-bond donors (Lipinski definition) is 2. The van der Waals surface area contributed by atoms with Gasteiger partial charge in [-0.2, -0.15) is 0 Å². The molecule has 2 aliphatic rings. The maximum Gasteiger partial charge on any atom is 0.251 e. The Morgan fingerprint density at radius 2 is 1.72 bits per heavy atom. The van der Waals surface area contributed by atoms with Gasteiger partial charge in [0.2, 0.25) is 0 Å². The van der Waals surface area contributed by atoms with Crippen LogP contribution in [0.25, 0.3) is 0 Å². The van der Waals surface area contributed by atoms with E-state index in [4.69, 9.17) is 0 Å². The average Bonchev–Trinajstić information content (AvgIpc) is 3.10. The van der Waals surface area contributed by atoms with Crippen molar-refractivity contribution in [2.24, 2.45) is 0 Å². The molecule has 1 aromatic rings. The number of benzene rings is 1. The number of nitrogens with zero attached hydrogens (tertiary/aromatic N) is 2. The summed E-state index contributed by atoms with van der Waals surface area (Å²) in [5.74, 6) is -0.165. The second-order valence-corrected chi connectivity index (χ2v) is 7.37. The molecule has 0 aromatic heterocycles. The molecule has 5 nitrogen and oxygen atoms in total. The molecule has 1 aliphatic carbocycles. The van der Waals surface area contributed by atoms with Crippen LogP contribution in [0.4, 0.5) is 5.69 Å². The first-order chi connectivity index (χ1) is 12.2. The van der Waals surface area contributed by atoms with Crippen LogP contribution in [0, 0.1) is 0 Å². The molecule has 1 saturated carbocycles. The van der Waals surface area contributed by atoms with Crippen molar-refractivity contribution < 1.29 is 9.90 Å². The van der Waals surface area contributed by atoms with Crippen LogP contribution < -0.4 is 10.2 Å². The van der Waals surface area contributed by atoms with Gasteiger partial charge < -0.3 is 15.3 Å². The summed E-state index contributed by atoms with van der Waals surface area (Å²) >= 11 is 0. The van der Waals surface area contributed by atoms with Gasteiger partial charge in [-0.05, 0) is 57.2 Å². The fourth-order valence-corrected chi connectivity index (χ4v) is 3.88. The first kappa shape index (κ1) is 18.2. The van der Waals surface area contributed by atoms with Crippen molar-refractivity contribution in [3.63, 3.8) is 0 Å². The van der Waals surface area contributed by atoms with E-state index in [9.17, 15) is 9.90 Å². The normalized spacial score (nSPS) is 20.6. The molecule has 0 bridgehead atoms. The quantitative estimate of drug-likeness (QED) is 0.742. The maximum atomic E-state index is 12.0. The molecule has 25 heavy (non-hydrogen) atoms. The summed E-state index contributed by atoms with van der Waals surface area (Å²) in [4.78, 5) is 17.0. The van der Waals surface area contributed by atoms with E-state index in [2.05, 4.69) is 45.4 Å². The zero-order chi connectivity index (χ0) is 17.5. The van der Waals surface area contributed by atoms with Crippen molar-refractivity contribution in [1.29, 1.82) is 0 Å². The first-order valence-corrected chi connectivity index (χ1v) is 9.70. The highest BCUT2D eigenvalue weighted by atomic mass is 16.3. The van der Waals surface area contributed by atoms with Gasteiger partial charge in [0.25, 0.3) is 5.91 Å². The number of aliphatic hydroxyl groups is 1. The summed E-state index contributed by atoms with van der Waals surface area (Å²) in [6.45, 7) is 6.11. The van der Waals surface area contributed by atoms with Gasteiger partial charge >= 0.3 is 0 Å². The molecule has 138 valence electrons. The molecule has 0 unspecified atom stereocenters. The smallest absolute Gasteiger partial charge is 0.251 e. The van der Waals surface area contributed by atoms with E-state index in [-0.39, 0.29) is 5.91 Å². The molecule has 0 atom stereocenters. The monoisotopic (exact) mass is 345 g/mol. The van der Waals surface area contributed by atoms with Crippen LogP contribution in [0.15, 0.2) is 30.3 Å². The van der Waals surface area contributed by atoms with E-state index >= 15 is 0 Å². The lowest BCUT2D eigenvalue weighted by Crippen LogP contribution is -2.47. The van der Waals surface area contributed by atoms with Gasteiger partial charge in [-0.25, -0.2) is 0 Å². The van der Waals surface area contributed by atoms with Crippen LogP contribution >= 0.6 is 0 Å². The van der Waals surface area contributed by atoms with E-state index in [0.29, 0.717) is 19.4 Å². The van der Waals surface area contributed by atoms with E-state index in [0.717, 1.165) is 58.4 Å². The third-order valence-corrected chi connectivity index (χ3v) is 5.53. The van der Waals surface area contributed by atoms with Crippen LogP contribution in [0.1, 0.15) is 38.5 Å². The van der Waals surface area contributed by atoms with Crippen molar-refractivity contribution in [1.82, 2.24) is 10.2 Å². The third-order valence-electron chi connectivity index (χ3n) is 5.53. The third kappa shape index (κ3) is 4.95. The second-order valence-electron chi connectivity index (χ2n) is 7.37. The number of nitrogens with one attached hydrogen (secondary N) is 1. The lowest BCUT2D eigenvalue weighted by Gasteiger charge is -2.36. The Bertz CT molecular complexity index is 535. The van der Waals surface area contributed by atoms with Crippen molar-refractivity contribution in [2.75, 3.05) is 44.2 Å². The molecule has 1 amide bonds. The maximum absolute atomic E-state index is 12.0. The summed E-state index contributed by atoms with van der Waals surface area (Å²) in [5, 5.41) is 13.1. The van der Waals surface area contributed by atoms with Crippen LogP contribution in [-0.4, -0.2) is 60.8 Å². The molecule has 0 spiro atoms. The summed E-state index contributed by atoms with van der Waals surface area (Å²) < 4.78 is 0. The predicted molar refractivity (Wildman–Crippen MR) is 101 cm³/mol. The number of carbonyl (C=O) groups excluding carboxylic acids is 1. The predicted octanol–water partition coefficient (Wildman–Crippen LogP) is 2.01. The number of amides is 1. The minimum Gasteiger partial charge on any atom is -0.380 e. The Hall–Kier alpha value is -1.59. The van der Waals surface area contributed by atoms with Gasteiger partial charge in [0.05, 0.1) is 0 Å². The molecule has 3 rings (SSSR count). The molecular formula is C20H31N3O2. The minimum absolute atomic E-state index is 0.165. The molecule has 0 radical (unpaired) electrons. The van der Waals surface area contributed by atoms with E-state index in [1.165, 1.54) is 5.69 Å². The Morgan fingerprint density at radius 1 is 1.04 bits per heavy atom. The Balaban J connectivity index is 1.27. The molecule has 1 heterocycles. The highest BCUT2D eigenvalue weighted by Gasteiger charge is 2.38. The topological polar surface area (TPSA) is 55.8 Å². The SMILES string of the molecule is O=C(NCCCCN1CCN(c2ccccc2)CC1)C1(O)CCCC1. The highest BCUT2D eigenvalue weighted by molar-refractivity contribution is 5.85. The van der Waals surface area contributed by atoms with Crippen molar-refractivity contribution in [3.05, 3.63) is 30.3 Å². The average molecular weight is 345 g/mol. The largest absolute Gasteiger partial charge is 0.380 e. The highest BCUT2D eigenvalue weighted by Crippen LogP contribution is 2.29. The Labute approximate surface area is 151 Å². The standard InChI is InChI=1S/C20H31N3O2/c24-19(20(25)10-4-5-11-20)21-12-6-7-13-22-14-16-23(17-15-22)18-8-2-1-3-9-18/h1-3,8-9,25H,4-7,10-17H2,(H,21,24). The lowest BCUT2D eigenvalue weighted by molar-refractivity contribution is -0.139. The minimum atomic E-state index is -1.09. The molecule has 1 saturated heterocycles. The fraction of sp³-hybridized carbons (Fsp3) is 0.650. The Kier molecular flexibility index (Phi) is 6.32. The van der Waals surface area contributed by atoms with Gasteiger partial charge in [0.15, 0.2) is 0 Å². The van der Waals surface area contributed by atoms with Crippen LogP contribution in [-0.2, 0) is 4.79 Å². The van der Waals surface area contributed by atoms with Crippen LogP contribution in [0.5, 0.6) is 0 Å². The fourth-order valence-electron chi connectivity index (χ4n) is 3.88. The van der Waals surface area contributed by atoms with E-state index in [1.807, 2.05) is 0 Å². The molecule has 5 heteroatoms. The zero-order valence-corrected chi connectivity index (χ0v) is 15.1. The molecular weight excluding hydrogens is 314 g/mol. The number of rotatable bonds is 7. The van der Waals surface area contributed by atoms with Gasteiger partial charge in [-0.1, -0.05) is 18.2 Å². The molecule has 2 fully saturated rings. The van der Waals surface area contributed by atoms with Gasteiger partial charge in [-0.3, -0.25) is 9.69 Å². The van der Waals surface area contributed by atoms with Gasteiger partial charge in [0, 0.05) is 38.4 Å². The number of anilines is 1. The van der Waals surface area contributed by atoms with E-state index < -0.39 is 5.60 Å². The first-order valence-electron chi connectivity index (χ1n) is 9.70. The number of piperazine rings is 1.